The third kappa shape index (κ3) is 4.44. The van der Waals surface area contributed by atoms with Gasteiger partial charge in [-0.1, -0.05) is 18.5 Å². The van der Waals surface area contributed by atoms with E-state index in [9.17, 15) is 4.79 Å². The molecule has 0 radical (unpaired) electrons. The van der Waals surface area contributed by atoms with Gasteiger partial charge in [0, 0.05) is 18.0 Å². The van der Waals surface area contributed by atoms with Crippen LogP contribution in [0.2, 0.25) is 5.02 Å². The highest BCUT2D eigenvalue weighted by Gasteiger charge is 2.11. The predicted octanol–water partition coefficient (Wildman–Crippen LogP) is 2.99. The van der Waals surface area contributed by atoms with E-state index >= 15 is 0 Å². The maximum Gasteiger partial charge on any atom is 0.337 e. The quantitative estimate of drug-likeness (QED) is 0.835. The van der Waals surface area contributed by atoms with Crippen LogP contribution in [0.25, 0.3) is 0 Å². The standard InChI is InChI=1S/C11H15ClN2O2S/c1-3-17-6-7(2)14-10-4-8(11(15)16)9(12)5-13-10/h4-5,7H,3,6H2,1-2H3,(H,13,14)(H,15,16). The van der Waals surface area contributed by atoms with Crippen molar-refractivity contribution in [2.75, 3.05) is 16.8 Å². The number of nitrogens with one attached hydrogen (secondary N) is 1. The van der Waals surface area contributed by atoms with Crippen molar-refractivity contribution in [1.29, 1.82) is 0 Å². The molecule has 94 valence electrons. The Balaban J connectivity index is 2.72. The summed E-state index contributed by atoms with van der Waals surface area (Å²) in [6, 6.07) is 1.69. The summed E-state index contributed by atoms with van der Waals surface area (Å²) >= 11 is 7.55. The second kappa shape index (κ2) is 6.71. The number of halogens is 1. The molecule has 6 heteroatoms. The van der Waals surface area contributed by atoms with E-state index in [0.29, 0.717) is 5.82 Å². The molecule has 1 aromatic rings. The normalized spacial score (nSPS) is 12.2. The fourth-order valence-electron chi connectivity index (χ4n) is 1.27. The van der Waals surface area contributed by atoms with Gasteiger partial charge in [0.05, 0.1) is 10.6 Å². The van der Waals surface area contributed by atoms with Crippen LogP contribution >= 0.6 is 23.4 Å². The van der Waals surface area contributed by atoms with E-state index in [1.165, 1.54) is 12.3 Å². The van der Waals surface area contributed by atoms with E-state index in [-0.39, 0.29) is 16.6 Å². The summed E-state index contributed by atoms with van der Waals surface area (Å²) in [7, 11) is 0. The van der Waals surface area contributed by atoms with Crippen LogP contribution in [0, 0.1) is 0 Å². The van der Waals surface area contributed by atoms with Gasteiger partial charge in [-0.05, 0) is 18.7 Å². The number of rotatable bonds is 6. The van der Waals surface area contributed by atoms with Crippen molar-refractivity contribution in [2.45, 2.75) is 19.9 Å². The molecule has 0 saturated carbocycles. The monoisotopic (exact) mass is 274 g/mol. The third-order valence-corrected chi connectivity index (χ3v) is 3.50. The minimum Gasteiger partial charge on any atom is -0.478 e. The second-order valence-electron chi connectivity index (χ2n) is 3.56. The highest BCUT2D eigenvalue weighted by atomic mass is 35.5. The van der Waals surface area contributed by atoms with E-state index in [0.717, 1.165) is 11.5 Å². The number of anilines is 1. The number of carboxylic acids is 1. The molecule has 0 spiro atoms. The molecule has 0 saturated heterocycles. The maximum absolute atomic E-state index is 10.9. The summed E-state index contributed by atoms with van der Waals surface area (Å²) < 4.78 is 0. The van der Waals surface area contributed by atoms with Gasteiger partial charge in [0.25, 0.3) is 0 Å². The van der Waals surface area contributed by atoms with Crippen LogP contribution in [0.15, 0.2) is 12.3 Å². The Hall–Kier alpha value is -0.940. The van der Waals surface area contributed by atoms with E-state index < -0.39 is 5.97 Å². The number of hydrogen-bond donors (Lipinski definition) is 2. The molecule has 0 aliphatic rings. The lowest BCUT2D eigenvalue weighted by atomic mass is 10.2. The Labute approximate surface area is 110 Å². The molecule has 1 heterocycles. The molecule has 17 heavy (non-hydrogen) atoms. The van der Waals surface area contributed by atoms with Gasteiger partial charge >= 0.3 is 5.97 Å². The molecule has 0 aliphatic carbocycles. The van der Waals surface area contributed by atoms with Crippen molar-refractivity contribution in [3.05, 3.63) is 22.8 Å². The van der Waals surface area contributed by atoms with Crippen molar-refractivity contribution in [3.63, 3.8) is 0 Å². The Bertz CT molecular complexity index is 401. The van der Waals surface area contributed by atoms with Gasteiger partial charge in [-0.15, -0.1) is 0 Å². The van der Waals surface area contributed by atoms with Gasteiger partial charge in [0.2, 0.25) is 0 Å². The van der Waals surface area contributed by atoms with E-state index in [2.05, 4.69) is 17.2 Å². The number of thioether (sulfide) groups is 1. The Kier molecular flexibility index (Phi) is 5.58. The molecule has 0 amide bonds. The van der Waals surface area contributed by atoms with E-state index in [1.807, 2.05) is 18.7 Å². The summed E-state index contributed by atoms with van der Waals surface area (Å²) in [4.78, 5) is 14.9. The van der Waals surface area contributed by atoms with Crippen molar-refractivity contribution < 1.29 is 9.90 Å². The van der Waals surface area contributed by atoms with Gasteiger partial charge in [0.15, 0.2) is 0 Å². The highest BCUT2D eigenvalue weighted by molar-refractivity contribution is 7.99. The number of pyridine rings is 1. The molecule has 0 aromatic carbocycles. The zero-order valence-electron chi connectivity index (χ0n) is 9.74. The number of hydrogen-bond acceptors (Lipinski definition) is 4. The Morgan fingerprint density at radius 2 is 2.41 bits per heavy atom. The van der Waals surface area contributed by atoms with Gasteiger partial charge in [-0.3, -0.25) is 0 Å². The van der Waals surface area contributed by atoms with Crippen LogP contribution in [0.4, 0.5) is 5.82 Å². The molecule has 0 fully saturated rings. The molecule has 2 N–H and O–H groups in total. The zero-order chi connectivity index (χ0) is 12.8. The Morgan fingerprint density at radius 1 is 1.71 bits per heavy atom. The summed E-state index contributed by atoms with van der Waals surface area (Å²) in [5, 5.41) is 12.2. The lowest BCUT2D eigenvalue weighted by molar-refractivity contribution is 0.0697. The lowest BCUT2D eigenvalue weighted by Gasteiger charge is -2.14. The van der Waals surface area contributed by atoms with Crippen molar-refractivity contribution in [1.82, 2.24) is 4.98 Å². The predicted molar refractivity (Wildman–Crippen MR) is 72.3 cm³/mol. The number of aromatic carboxylic acids is 1. The van der Waals surface area contributed by atoms with Crippen LogP contribution < -0.4 is 5.32 Å². The number of nitrogens with zero attached hydrogens (tertiary/aromatic N) is 1. The van der Waals surface area contributed by atoms with Gasteiger partial charge in [-0.25, -0.2) is 9.78 Å². The molecule has 4 nitrogen and oxygen atoms in total. The number of carbonyl (C=O) groups is 1. The van der Waals surface area contributed by atoms with Crippen LogP contribution in [-0.2, 0) is 0 Å². The fraction of sp³-hybridized carbons (Fsp3) is 0.455. The van der Waals surface area contributed by atoms with E-state index in [4.69, 9.17) is 16.7 Å². The topological polar surface area (TPSA) is 62.2 Å². The largest absolute Gasteiger partial charge is 0.478 e. The van der Waals surface area contributed by atoms with E-state index in [1.54, 1.807) is 0 Å². The fourth-order valence-corrected chi connectivity index (χ4v) is 2.13. The third-order valence-electron chi connectivity index (χ3n) is 2.05. The molecule has 1 aromatic heterocycles. The average molecular weight is 275 g/mol. The smallest absolute Gasteiger partial charge is 0.337 e. The van der Waals surface area contributed by atoms with Gasteiger partial charge in [0.1, 0.15) is 5.82 Å². The summed E-state index contributed by atoms with van der Waals surface area (Å²) in [6.45, 7) is 4.12. The maximum atomic E-state index is 10.9. The summed E-state index contributed by atoms with van der Waals surface area (Å²) in [6.07, 6.45) is 1.35. The minimum atomic E-state index is -1.05. The van der Waals surface area contributed by atoms with Gasteiger partial charge in [-0.2, -0.15) is 11.8 Å². The first kappa shape index (κ1) is 14.1. The lowest BCUT2D eigenvalue weighted by Crippen LogP contribution is -2.19. The highest BCUT2D eigenvalue weighted by Crippen LogP contribution is 2.18. The molecule has 1 rings (SSSR count). The minimum absolute atomic E-state index is 0.0690. The Morgan fingerprint density at radius 3 is 3.00 bits per heavy atom. The first-order valence-electron chi connectivity index (χ1n) is 5.27. The second-order valence-corrected chi connectivity index (χ2v) is 5.29. The average Bonchev–Trinajstić information content (AvgIpc) is 2.28. The summed E-state index contributed by atoms with van der Waals surface area (Å²) in [5.74, 6) is 1.50. The van der Waals surface area contributed by atoms with Crippen LogP contribution in [0.3, 0.4) is 0 Å². The first-order chi connectivity index (χ1) is 8.04. The van der Waals surface area contributed by atoms with Gasteiger partial charge < -0.3 is 10.4 Å². The number of aromatic nitrogens is 1. The van der Waals surface area contributed by atoms with Crippen LogP contribution in [0.5, 0.6) is 0 Å². The first-order valence-corrected chi connectivity index (χ1v) is 6.81. The molecule has 1 atom stereocenters. The molecular formula is C11H15ClN2O2S. The molecule has 0 aliphatic heterocycles. The zero-order valence-corrected chi connectivity index (χ0v) is 11.3. The SMILES string of the molecule is CCSCC(C)Nc1cc(C(=O)O)c(Cl)cn1. The molecule has 0 bridgehead atoms. The van der Waals surface area contributed by atoms with Crippen LogP contribution in [0.1, 0.15) is 24.2 Å². The van der Waals surface area contributed by atoms with Crippen molar-refractivity contribution in [2.24, 2.45) is 0 Å². The summed E-state index contributed by atoms with van der Waals surface area (Å²) in [5.41, 5.74) is 0.0690. The number of carboxylic acid groups (broad SMARTS) is 1. The van der Waals surface area contributed by atoms with Crippen molar-refractivity contribution >= 4 is 35.1 Å². The van der Waals surface area contributed by atoms with Crippen LogP contribution in [-0.4, -0.2) is 33.6 Å². The molecule has 1 unspecified atom stereocenters. The van der Waals surface area contributed by atoms with Crippen molar-refractivity contribution in [3.8, 4) is 0 Å². The molecular weight excluding hydrogens is 260 g/mol.